The van der Waals surface area contributed by atoms with Crippen molar-refractivity contribution < 1.29 is 0 Å². The van der Waals surface area contributed by atoms with Gasteiger partial charge in [0.2, 0.25) is 0 Å². The molecule has 0 aliphatic heterocycles. The molecule has 3 nitrogen and oxygen atoms in total. The third-order valence-corrected chi connectivity index (χ3v) is 4.25. The lowest BCUT2D eigenvalue weighted by Gasteiger charge is -2.34. The summed E-state index contributed by atoms with van der Waals surface area (Å²) in [5.74, 6) is 1.73. The van der Waals surface area contributed by atoms with E-state index in [0.717, 1.165) is 30.1 Å². The summed E-state index contributed by atoms with van der Waals surface area (Å²) in [5.41, 5.74) is 9.30. The SMILES string of the molecule is CC1CC(Nc2nc3c(cc2C(N)=S)CCC3)C1. The highest BCUT2D eigenvalue weighted by Gasteiger charge is 2.27. The number of nitrogens with zero attached hydrogens (tertiary/aromatic N) is 1. The number of pyridine rings is 1. The molecule has 1 saturated carbocycles. The molecule has 0 saturated heterocycles. The van der Waals surface area contributed by atoms with E-state index in [1.165, 1.54) is 30.5 Å². The molecule has 0 aromatic carbocycles. The number of aromatic nitrogens is 1. The Morgan fingerprint density at radius 3 is 2.89 bits per heavy atom. The Kier molecular flexibility index (Phi) is 2.98. The third kappa shape index (κ3) is 2.09. The summed E-state index contributed by atoms with van der Waals surface area (Å²) < 4.78 is 0. The average Bonchev–Trinajstić information content (AvgIpc) is 2.72. The van der Waals surface area contributed by atoms with Crippen molar-refractivity contribution in [3.05, 3.63) is 22.9 Å². The summed E-state index contributed by atoms with van der Waals surface area (Å²) in [4.78, 5) is 5.19. The molecule has 0 atom stereocenters. The zero-order chi connectivity index (χ0) is 12.7. The number of anilines is 1. The molecule has 1 heterocycles. The quantitative estimate of drug-likeness (QED) is 0.820. The van der Waals surface area contributed by atoms with Crippen molar-refractivity contribution in [3.8, 4) is 0 Å². The molecule has 0 amide bonds. The van der Waals surface area contributed by atoms with E-state index in [4.69, 9.17) is 22.9 Å². The summed E-state index contributed by atoms with van der Waals surface area (Å²) in [5, 5.41) is 3.51. The molecule has 4 heteroatoms. The minimum absolute atomic E-state index is 0.451. The normalized spacial score (nSPS) is 25.4. The molecule has 0 unspecified atom stereocenters. The lowest BCUT2D eigenvalue weighted by molar-refractivity contribution is 0.308. The van der Waals surface area contributed by atoms with Crippen LogP contribution in [0.3, 0.4) is 0 Å². The lowest BCUT2D eigenvalue weighted by atomic mass is 9.82. The van der Waals surface area contributed by atoms with Gasteiger partial charge in [-0.2, -0.15) is 0 Å². The van der Waals surface area contributed by atoms with Crippen molar-refractivity contribution in [2.24, 2.45) is 11.7 Å². The number of hydrogen-bond acceptors (Lipinski definition) is 3. The second-order valence-corrected chi connectivity index (χ2v) is 6.07. The van der Waals surface area contributed by atoms with Gasteiger partial charge in [0.1, 0.15) is 10.8 Å². The standard InChI is InChI=1S/C14H19N3S/c1-8-5-10(6-8)16-14-11(13(15)18)7-9-3-2-4-12(9)17-14/h7-8,10H,2-6H2,1H3,(H2,15,18)(H,16,17). The Balaban J connectivity index is 1.89. The predicted octanol–water partition coefficient (Wildman–Crippen LogP) is 2.41. The Morgan fingerprint density at radius 1 is 1.44 bits per heavy atom. The van der Waals surface area contributed by atoms with Crippen LogP contribution in [0.4, 0.5) is 5.82 Å². The fourth-order valence-electron chi connectivity index (χ4n) is 2.98. The van der Waals surface area contributed by atoms with Gasteiger partial charge in [0, 0.05) is 11.7 Å². The lowest BCUT2D eigenvalue weighted by Crippen LogP contribution is -2.35. The molecule has 2 aliphatic rings. The summed E-state index contributed by atoms with van der Waals surface area (Å²) >= 11 is 5.15. The first kappa shape index (κ1) is 11.9. The maximum Gasteiger partial charge on any atom is 0.136 e. The van der Waals surface area contributed by atoms with Gasteiger partial charge in [-0.15, -0.1) is 0 Å². The number of aryl methyl sites for hydroxylation is 2. The highest BCUT2D eigenvalue weighted by molar-refractivity contribution is 7.80. The van der Waals surface area contributed by atoms with Crippen molar-refractivity contribution in [1.82, 2.24) is 4.98 Å². The van der Waals surface area contributed by atoms with E-state index in [0.29, 0.717) is 11.0 Å². The number of nitrogens with one attached hydrogen (secondary N) is 1. The van der Waals surface area contributed by atoms with E-state index >= 15 is 0 Å². The van der Waals surface area contributed by atoms with Gasteiger partial charge in [-0.25, -0.2) is 4.98 Å². The molecule has 1 aromatic rings. The molecule has 2 aliphatic carbocycles. The summed E-state index contributed by atoms with van der Waals surface area (Å²) in [7, 11) is 0. The van der Waals surface area contributed by atoms with Crippen LogP contribution in [0.25, 0.3) is 0 Å². The highest BCUT2D eigenvalue weighted by atomic mass is 32.1. The second kappa shape index (κ2) is 4.50. The molecule has 0 spiro atoms. The zero-order valence-corrected chi connectivity index (χ0v) is 11.5. The number of hydrogen-bond donors (Lipinski definition) is 2. The van der Waals surface area contributed by atoms with Crippen molar-refractivity contribution in [1.29, 1.82) is 0 Å². The highest BCUT2D eigenvalue weighted by Crippen LogP contribution is 2.31. The molecule has 3 rings (SSSR count). The summed E-state index contributed by atoms with van der Waals surface area (Å²) in [6.07, 6.45) is 5.83. The molecule has 96 valence electrons. The number of rotatable bonds is 3. The van der Waals surface area contributed by atoms with Gasteiger partial charge in [-0.05, 0) is 49.7 Å². The largest absolute Gasteiger partial charge is 0.389 e. The van der Waals surface area contributed by atoms with Gasteiger partial charge >= 0.3 is 0 Å². The van der Waals surface area contributed by atoms with Crippen LogP contribution in [-0.4, -0.2) is 16.0 Å². The van der Waals surface area contributed by atoms with E-state index in [9.17, 15) is 0 Å². The van der Waals surface area contributed by atoms with E-state index in [1.54, 1.807) is 0 Å². The minimum atomic E-state index is 0.451. The second-order valence-electron chi connectivity index (χ2n) is 5.63. The van der Waals surface area contributed by atoms with Crippen LogP contribution < -0.4 is 11.1 Å². The molecule has 1 fully saturated rings. The first-order chi connectivity index (χ1) is 8.63. The van der Waals surface area contributed by atoms with Gasteiger partial charge in [0.25, 0.3) is 0 Å². The zero-order valence-electron chi connectivity index (χ0n) is 10.7. The van der Waals surface area contributed by atoms with Gasteiger partial charge in [-0.3, -0.25) is 0 Å². The van der Waals surface area contributed by atoms with Crippen molar-refractivity contribution >= 4 is 23.0 Å². The fraction of sp³-hybridized carbons (Fsp3) is 0.571. The fourth-order valence-corrected chi connectivity index (χ4v) is 3.14. The Hall–Kier alpha value is -1.16. The third-order valence-electron chi connectivity index (χ3n) is 4.03. The maximum atomic E-state index is 5.82. The van der Waals surface area contributed by atoms with Crippen LogP contribution in [0.5, 0.6) is 0 Å². The first-order valence-electron chi connectivity index (χ1n) is 6.72. The van der Waals surface area contributed by atoms with E-state index in [1.807, 2.05) is 0 Å². The van der Waals surface area contributed by atoms with Gasteiger partial charge < -0.3 is 11.1 Å². The molecule has 0 bridgehead atoms. The van der Waals surface area contributed by atoms with Crippen LogP contribution >= 0.6 is 12.2 Å². The van der Waals surface area contributed by atoms with Crippen LogP contribution in [-0.2, 0) is 12.8 Å². The van der Waals surface area contributed by atoms with Crippen LogP contribution in [0, 0.1) is 5.92 Å². The van der Waals surface area contributed by atoms with Crippen LogP contribution in [0.15, 0.2) is 6.07 Å². The number of fused-ring (bicyclic) bond motifs is 1. The van der Waals surface area contributed by atoms with Gasteiger partial charge in [0.15, 0.2) is 0 Å². The molecule has 1 aromatic heterocycles. The molecule has 18 heavy (non-hydrogen) atoms. The smallest absolute Gasteiger partial charge is 0.136 e. The Morgan fingerprint density at radius 2 is 2.22 bits per heavy atom. The van der Waals surface area contributed by atoms with E-state index in [2.05, 4.69) is 18.3 Å². The van der Waals surface area contributed by atoms with Gasteiger partial charge in [-0.1, -0.05) is 19.1 Å². The Bertz CT molecular complexity index is 492. The van der Waals surface area contributed by atoms with E-state index in [-0.39, 0.29) is 0 Å². The van der Waals surface area contributed by atoms with Crippen molar-refractivity contribution in [2.75, 3.05) is 5.32 Å². The molecular formula is C14H19N3S. The molecular weight excluding hydrogens is 242 g/mol. The number of nitrogens with two attached hydrogens (primary N) is 1. The van der Waals surface area contributed by atoms with Crippen molar-refractivity contribution in [3.63, 3.8) is 0 Å². The summed E-state index contributed by atoms with van der Waals surface area (Å²) in [6, 6.07) is 2.68. The average molecular weight is 261 g/mol. The van der Waals surface area contributed by atoms with E-state index < -0.39 is 0 Å². The topological polar surface area (TPSA) is 50.9 Å². The summed E-state index contributed by atoms with van der Waals surface area (Å²) in [6.45, 7) is 2.28. The minimum Gasteiger partial charge on any atom is -0.389 e. The number of thiocarbonyl (C=S) groups is 1. The molecule has 3 N–H and O–H groups in total. The monoisotopic (exact) mass is 261 g/mol. The maximum absolute atomic E-state index is 5.82. The van der Waals surface area contributed by atoms with Crippen molar-refractivity contribution in [2.45, 2.75) is 45.1 Å². The van der Waals surface area contributed by atoms with Gasteiger partial charge in [0.05, 0.1) is 5.56 Å². The Labute approximate surface area is 113 Å². The predicted molar refractivity (Wildman–Crippen MR) is 78.0 cm³/mol. The first-order valence-corrected chi connectivity index (χ1v) is 7.13. The van der Waals surface area contributed by atoms with Crippen LogP contribution in [0.2, 0.25) is 0 Å². The van der Waals surface area contributed by atoms with Crippen LogP contribution in [0.1, 0.15) is 43.0 Å². The molecule has 0 radical (unpaired) electrons.